The minimum atomic E-state index is -2.94. The first-order chi connectivity index (χ1) is 11.0. The van der Waals surface area contributed by atoms with Crippen molar-refractivity contribution in [1.29, 1.82) is 0 Å². The summed E-state index contributed by atoms with van der Waals surface area (Å²) < 4.78 is 34.5. The summed E-state index contributed by atoms with van der Waals surface area (Å²) in [6, 6.07) is 4.43. The Labute approximate surface area is 141 Å². The maximum atomic E-state index is 12.3. The highest BCUT2D eigenvalue weighted by Crippen LogP contribution is 2.35. The lowest BCUT2D eigenvalue weighted by molar-refractivity contribution is -0.121. The molecular weight excluding hydrogens is 344 g/mol. The molecule has 1 aliphatic heterocycles. The van der Waals surface area contributed by atoms with Crippen molar-refractivity contribution in [3.63, 3.8) is 0 Å². The van der Waals surface area contributed by atoms with E-state index in [1.807, 2.05) is 0 Å². The molecular formula is C15H13F2NO3S2. The van der Waals surface area contributed by atoms with Crippen molar-refractivity contribution >= 4 is 40.3 Å². The van der Waals surface area contributed by atoms with E-state index in [1.54, 1.807) is 18.2 Å². The molecule has 0 N–H and O–H groups in total. The Balaban J connectivity index is 2.27. The van der Waals surface area contributed by atoms with Gasteiger partial charge in [0, 0.05) is 6.54 Å². The molecule has 1 aromatic rings. The second kappa shape index (κ2) is 7.56. The number of benzene rings is 1. The molecule has 122 valence electrons. The maximum absolute atomic E-state index is 12.3. The van der Waals surface area contributed by atoms with Crippen LogP contribution in [0.2, 0.25) is 0 Å². The van der Waals surface area contributed by atoms with Gasteiger partial charge in [0.2, 0.25) is 0 Å². The molecule has 0 spiro atoms. The van der Waals surface area contributed by atoms with Gasteiger partial charge in [-0.2, -0.15) is 8.78 Å². The first kappa shape index (κ1) is 17.4. The number of hydrogen-bond acceptors (Lipinski definition) is 5. The molecule has 0 atom stereocenters. The number of methoxy groups -OCH3 is 1. The molecule has 2 rings (SSSR count). The first-order valence-electron chi connectivity index (χ1n) is 6.45. The topological polar surface area (TPSA) is 38.8 Å². The van der Waals surface area contributed by atoms with Gasteiger partial charge in [0.25, 0.3) is 5.91 Å². The lowest BCUT2D eigenvalue weighted by atomic mass is 10.2. The average Bonchev–Trinajstić information content (AvgIpc) is 2.76. The van der Waals surface area contributed by atoms with Gasteiger partial charge in [-0.1, -0.05) is 36.1 Å². The molecule has 1 fully saturated rings. The standard InChI is InChI=1S/C15H13F2NO3S2/c1-3-6-18-13(19)12(23-15(18)22)8-9-4-5-10(21-14(16)17)11(7-9)20-2/h3-5,7-8,14H,1,6H2,2H3/b12-8+. The van der Waals surface area contributed by atoms with Crippen molar-refractivity contribution in [2.45, 2.75) is 6.61 Å². The predicted octanol–water partition coefficient (Wildman–Crippen LogP) is 3.68. The van der Waals surface area contributed by atoms with Crippen molar-refractivity contribution in [3.8, 4) is 11.5 Å². The number of carbonyl (C=O) groups is 1. The number of nitrogens with zero attached hydrogens (tertiary/aromatic N) is 1. The molecule has 1 heterocycles. The summed E-state index contributed by atoms with van der Waals surface area (Å²) >= 11 is 6.32. The third kappa shape index (κ3) is 4.08. The molecule has 0 unspecified atom stereocenters. The van der Waals surface area contributed by atoms with Gasteiger partial charge in [0.1, 0.15) is 4.32 Å². The fourth-order valence-electron chi connectivity index (χ4n) is 1.91. The highest BCUT2D eigenvalue weighted by atomic mass is 32.2. The van der Waals surface area contributed by atoms with Crippen molar-refractivity contribution in [2.24, 2.45) is 0 Å². The maximum Gasteiger partial charge on any atom is 0.387 e. The van der Waals surface area contributed by atoms with Crippen molar-refractivity contribution in [2.75, 3.05) is 13.7 Å². The highest BCUT2D eigenvalue weighted by molar-refractivity contribution is 8.26. The average molecular weight is 357 g/mol. The van der Waals surface area contributed by atoms with Crippen LogP contribution in [0.3, 0.4) is 0 Å². The van der Waals surface area contributed by atoms with Crippen LogP contribution in [-0.2, 0) is 4.79 Å². The first-order valence-corrected chi connectivity index (χ1v) is 7.68. The number of alkyl halides is 2. The van der Waals surface area contributed by atoms with Gasteiger partial charge in [-0.25, -0.2) is 0 Å². The Kier molecular flexibility index (Phi) is 5.73. The summed E-state index contributed by atoms with van der Waals surface area (Å²) in [5, 5.41) is 0. The minimum Gasteiger partial charge on any atom is -0.493 e. The molecule has 4 nitrogen and oxygen atoms in total. The van der Waals surface area contributed by atoms with E-state index in [-0.39, 0.29) is 17.4 Å². The number of amides is 1. The smallest absolute Gasteiger partial charge is 0.387 e. The van der Waals surface area contributed by atoms with Gasteiger partial charge >= 0.3 is 6.61 Å². The third-order valence-electron chi connectivity index (χ3n) is 2.89. The zero-order valence-corrected chi connectivity index (χ0v) is 13.8. The van der Waals surface area contributed by atoms with E-state index in [1.165, 1.54) is 35.9 Å². The van der Waals surface area contributed by atoms with Crippen LogP contribution in [0.4, 0.5) is 8.78 Å². The van der Waals surface area contributed by atoms with Crippen LogP contribution in [0.1, 0.15) is 5.56 Å². The van der Waals surface area contributed by atoms with E-state index < -0.39 is 6.61 Å². The summed E-state index contributed by atoms with van der Waals surface area (Å²) in [4.78, 5) is 14.1. The van der Waals surface area contributed by atoms with Gasteiger partial charge in [-0.3, -0.25) is 9.69 Å². The zero-order chi connectivity index (χ0) is 17.0. The van der Waals surface area contributed by atoms with Crippen LogP contribution in [0, 0.1) is 0 Å². The van der Waals surface area contributed by atoms with E-state index >= 15 is 0 Å². The minimum absolute atomic E-state index is 0.0705. The molecule has 0 aliphatic carbocycles. The molecule has 1 amide bonds. The second-order valence-corrected chi connectivity index (χ2v) is 6.05. The number of rotatable bonds is 6. The molecule has 1 aromatic carbocycles. The third-order valence-corrected chi connectivity index (χ3v) is 4.26. The molecule has 0 radical (unpaired) electrons. The molecule has 0 saturated carbocycles. The van der Waals surface area contributed by atoms with E-state index in [0.717, 1.165) is 0 Å². The van der Waals surface area contributed by atoms with Crippen molar-refractivity contribution in [1.82, 2.24) is 4.90 Å². The van der Waals surface area contributed by atoms with Crippen LogP contribution >= 0.6 is 24.0 Å². The van der Waals surface area contributed by atoms with E-state index in [2.05, 4.69) is 11.3 Å². The number of thioether (sulfide) groups is 1. The number of thiocarbonyl (C=S) groups is 1. The lowest BCUT2D eigenvalue weighted by Crippen LogP contribution is -2.27. The lowest BCUT2D eigenvalue weighted by Gasteiger charge is -2.11. The van der Waals surface area contributed by atoms with Crippen LogP contribution in [0.15, 0.2) is 35.8 Å². The highest BCUT2D eigenvalue weighted by Gasteiger charge is 2.31. The van der Waals surface area contributed by atoms with Gasteiger partial charge < -0.3 is 9.47 Å². The van der Waals surface area contributed by atoms with Gasteiger partial charge in [-0.05, 0) is 23.8 Å². The largest absolute Gasteiger partial charge is 0.493 e. The number of carbonyl (C=O) groups excluding carboxylic acids is 1. The Hall–Kier alpha value is -1.93. The number of halogens is 2. The number of hydrogen-bond donors (Lipinski definition) is 0. The van der Waals surface area contributed by atoms with Gasteiger partial charge in [0.15, 0.2) is 11.5 Å². The SMILES string of the molecule is C=CCN1C(=O)/C(=C\c2ccc(OC(F)F)c(OC)c2)SC1=S. The van der Waals surface area contributed by atoms with E-state index in [9.17, 15) is 13.6 Å². The van der Waals surface area contributed by atoms with Crippen LogP contribution in [0.5, 0.6) is 11.5 Å². The fourth-order valence-corrected chi connectivity index (χ4v) is 3.18. The van der Waals surface area contributed by atoms with Gasteiger partial charge in [0.05, 0.1) is 12.0 Å². The predicted molar refractivity (Wildman–Crippen MR) is 89.7 cm³/mol. The second-order valence-electron chi connectivity index (χ2n) is 4.37. The summed E-state index contributed by atoms with van der Waals surface area (Å²) in [6.45, 7) is 0.984. The van der Waals surface area contributed by atoms with Crippen LogP contribution in [0.25, 0.3) is 6.08 Å². The molecule has 8 heteroatoms. The summed E-state index contributed by atoms with van der Waals surface area (Å²) in [5.74, 6) is -0.133. The molecule has 0 aromatic heterocycles. The molecule has 23 heavy (non-hydrogen) atoms. The van der Waals surface area contributed by atoms with Crippen molar-refractivity contribution < 1.29 is 23.0 Å². The molecule has 1 aliphatic rings. The van der Waals surface area contributed by atoms with E-state index in [4.69, 9.17) is 17.0 Å². The normalized spacial score (nSPS) is 16.3. The Morgan fingerprint density at radius 3 is 2.78 bits per heavy atom. The van der Waals surface area contributed by atoms with E-state index in [0.29, 0.717) is 21.3 Å². The Morgan fingerprint density at radius 2 is 2.17 bits per heavy atom. The Morgan fingerprint density at radius 1 is 1.43 bits per heavy atom. The monoisotopic (exact) mass is 357 g/mol. The zero-order valence-electron chi connectivity index (χ0n) is 12.1. The fraction of sp³-hybridized carbons (Fsp3) is 0.200. The van der Waals surface area contributed by atoms with Crippen LogP contribution in [-0.4, -0.2) is 35.4 Å². The van der Waals surface area contributed by atoms with Crippen LogP contribution < -0.4 is 9.47 Å². The van der Waals surface area contributed by atoms with Gasteiger partial charge in [-0.15, -0.1) is 6.58 Å². The summed E-state index contributed by atoms with van der Waals surface area (Å²) in [7, 11) is 1.35. The van der Waals surface area contributed by atoms with Crippen molar-refractivity contribution in [3.05, 3.63) is 41.3 Å². The quantitative estimate of drug-likeness (QED) is 0.441. The summed E-state index contributed by atoms with van der Waals surface area (Å²) in [6.07, 6.45) is 3.21. The molecule has 1 saturated heterocycles. The number of ether oxygens (including phenoxy) is 2. The molecule has 0 bridgehead atoms. The summed E-state index contributed by atoms with van der Waals surface area (Å²) in [5.41, 5.74) is 0.613. The Bertz CT molecular complexity index is 677.